The van der Waals surface area contributed by atoms with E-state index in [0.717, 1.165) is 11.5 Å². The number of rotatable bonds is 2. The van der Waals surface area contributed by atoms with Crippen molar-refractivity contribution in [1.82, 2.24) is 20.2 Å². The van der Waals surface area contributed by atoms with Crippen LogP contribution in [0.25, 0.3) is 16.5 Å². The van der Waals surface area contributed by atoms with Gasteiger partial charge in [0, 0.05) is 5.92 Å². The highest BCUT2D eigenvalue weighted by atomic mass is 15.6. The van der Waals surface area contributed by atoms with E-state index < -0.39 is 0 Å². The monoisotopic (exact) mass is 238 g/mol. The van der Waals surface area contributed by atoms with E-state index in [-0.39, 0.29) is 0 Å². The van der Waals surface area contributed by atoms with Crippen molar-refractivity contribution in [3.63, 3.8) is 0 Å². The first-order chi connectivity index (χ1) is 8.74. The molecule has 0 bridgehead atoms. The van der Waals surface area contributed by atoms with Crippen LogP contribution >= 0.6 is 0 Å². The van der Waals surface area contributed by atoms with Gasteiger partial charge in [0.15, 0.2) is 5.82 Å². The zero-order valence-electron chi connectivity index (χ0n) is 10.4. The third-order valence-electron chi connectivity index (χ3n) is 2.91. The number of fused-ring (bicyclic) bond motifs is 1. The maximum Gasteiger partial charge on any atom is 0.177 e. The van der Waals surface area contributed by atoms with E-state index in [9.17, 15) is 0 Å². The number of aromatic nitrogens is 4. The summed E-state index contributed by atoms with van der Waals surface area (Å²) in [7, 11) is 0. The first kappa shape index (κ1) is 10.9. The highest BCUT2D eigenvalue weighted by molar-refractivity contribution is 5.84. The fraction of sp³-hybridized carbons (Fsp3) is 0.214. The maximum absolute atomic E-state index is 4.38. The van der Waals surface area contributed by atoms with Gasteiger partial charge >= 0.3 is 0 Å². The molecule has 0 unspecified atom stereocenters. The molecule has 0 aliphatic carbocycles. The van der Waals surface area contributed by atoms with Crippen LogP contribution in [0.2, 0.25) is 0 Å². The summed E-state index contributed by atoms with van der Waals surface area (Å²) in [6, 6.07) is 14.4. The quantitative estimate of drug-likeness (QED) is 0.689. The lowest BCUT2D eigenvalue weighted by Gasteiger charge is -2.01. The lowest BCUT2D eigenvalue weighted by atomic mass is 10.1. The SMILES string of the molecule is CC(C)c1nnn(-c2ccc3ccccc3c2)n1. The van der Waals surface area contributed by atoms with E-state index in [2.05, 4.69) is 53.5 Å². The molecule has 1 heterocycles. The third-order valence-corrected chi connectivity index (χ3v) is 2.91. The Hall–Kier alpha value is -2.23. The van der Waals surface area contributed by atoms with Crippen LogP contribution < -0.4 is 0 Å². The summed E-state index contributed by atoms with van der Waals surface area (Å²) in [4.78, 5) is 1.59. The minimum Gasteiger partial charge on any atom is -0.131 e. The van der Waals surface area contributed by atoms with Gasteiger partial charge in [-0.05, 0) is 28.1 Å². The van der Waals surface area contributed by atoms with Gasteiger partial charge in [-0.2, -0.15) is 0 Å². The molecule has 0 N–H and O–H groups in total. The fourth-order valence-corrected chi connectivity index (χ4v) is 1.87. The Morgan fingerprint density at radius 1 is 1.00 bits per heavy atom. The van der Waals surface area contributed by atoms with Crippen molar-refractivity contribution in [2.45, 2.75) is 19.8 Å². The Balaban J connectivity index is 2.07. The fourth-order valence-electron chi connectivity index (χ4n) is 1.87. The van der Waals surface area contributed by atoms with E-state index >= 15 is 0 Å². The predicted molar refractivity (Wildman–Crippen MR) is 70.7 cm³/mol. The lowest BCUT2D eigenvalue weighted by Crippen LogP contribution is -1.99. The first-order valence-electron chi connectivity index (χ1n) is 6.03. The standard InChI is InChI=1S/C14H14N4/c1-10(2)14-15-17-18(16-14)13-8-7-11-5-3-4-6-12(11)9-13/h3-10H,1-2H3. The van der Waals surface area contributed by atoms with Gasteiger partial charge < -0.3 is 0 Å². The molecular formula is C14H14N4. The summed E-state index contributed by atoms with van der Waals surface area (Å²) < 4.78 is 0. The predicted octanol–water partition coefficient (Wildman–Crippen LogP) is 2.94. The second-order valence-corrected chi connectivity index (χ2v) is 4.62. The molecule has 0 amide bonds. The van der Waals surface area contributed by atoms with E-state index in [0.29, 0.717) is 5.92 Å². The van der Waals surface area contributed by atoms with Crippen molar-refractivity contribution in [1.29, 1.82) is 0 Å². The first-order valence-corrected chi connectivity index (χ1v) is 6.03. The van der Waals surface area contributed by atoms with Gasteiger partial charge in [-0.3, -0.25) is 0 Å². The van der Waals surface area contributed by atoms with E-state index in [1.54, 1.807) is 4.80 Å². The summed E-state index contributed by atoms with van der Waals surface area (Å²) in [5.74, 6) is 1.06. The molecule has 4 heteroatoms. The molecule has 18 heavy (non-hydrogen) atoms. The average Bonchev–Trinajstić information content (AvgIpc) is 2.88. The molecule has 0 radical (unpaired) electrons. The second-order valence-electron chi connectivity index (χ2n) is 4.62. The number of hydrogen-bond acceptors (Lipinski definition) is 3. The van der Waals surface area contributed by atoms with Gasteiger partial charge in [0.05, 0.1) is 5.69 Å². The molecule has 0 aliphatic heterocycles. The Kier molecular flexibility index (Phi) is 2.55. The van der Waals surface area contributed by atoms with Crippen molar-refractivity contribution >= 4 is 10.8 Å². The van der Waals surface area contributed by atoms with Crippen molar-refractivity contribution < 1.29 is 0 Å². The number of benzene rings is 2. The molecule has 1 aromatic heterocycles. The highest BCUT2D eigenvalue weighted by Crippen LogP contribution is 2.17. The normalized spacial score (nSPS) is 11.3. The van der Waals surface area contributed by atoms with Crippen LogP contribution in [0.5, 0.6) is 0 Å². The smallest absolute Gasteiger partial charge is 0.131 e. The Bertz CT molecular complexity index is 685. The summed E-state index contributed by atoms with van der Waals surface area (Å²) in [6.45, 7) is 4.11. The van der Waals surface area contributed by atoms with Crippen molar-refractivity contribution in [3.05, 3.63) is 48.3 Å². The van der Waals surface area contributed by atoms with Crippen molar-refractivity contribution in [3.8, 4) is 5.69 Å². The molecule has 0 saturated heterocycles. The van der Waals surface area contributed by atoms with Crippen LogP contribution in [0.4, 0.5) is 0 Å². The number of nitrogens with zero attached hydrogens (tertiary/aromatic N) is 4. The molecule has 0 saturated carbocycles. The Morgan fingerprint density at radius 3 is 2.50 bits per heavy atom. The van der Waals surface area contributed by atoms with E-state index in [4.69, 9.17) is 0 Å². The molecule has 0 aliphatic rings. The molecule has 0 spiro atoms. The zero-order valence-corrected chi connectivity index (χ0v) is 10.4. The molecule has 90 valence electrons. The van der Waals surface area contributed by atoms with Crippen LogP contribution in [-0.2, 0) is 0 Å². The molecular weight excluding hydrogens is 224 g/mol. The molecule has 0 atom stereocenters. The van der Waals surface area contributed by atoms with E-state index in [1.807, 2.05) is 18.2 Å². The van der Waals surface area contributed by atoms with Crippen LogP contribution in [0, 0.1) is 0 Å². The second kappa shape index (κ2) is 4.22. The average molecular weight is 238 g/mol. The van der Waals surface area contributed by atoms with Gasteiger partial charge in [0.1, 0.15) is 0 Å². The van der Waals surface area contributed by atoms with Crippen LogP contribution in [0.1, 0.15) is 25.6 Å². The van der Waals surface area contributed by atoms with Gasteiger partial charge in [0.25, 0.3) is 0 Å². The molecule has 3 rings (SSSR count). The van der Waals surface area contributed by atoms with Crippen LogP contribution in [0.15, 0.2) is 42.5 Å². The lowest BCUT2D eigenvalue weighted by molar-refractivity contribution is 0.712. The summed E-state index contributed by atoms with van der Waals surface area (Å²) in [5, 5.41) is 14.9. The van der Waals surface area contributed by atoms with Gasteiger partial charge in [-0.25, -0.2) is 0 Å². The van der Waals surface area contributed by atoms with Gasteiger partial charge in [-0.15, -0.1) is 15.0 Å². The van der Waals surface area contributed by atoms with Crippen molar-refractivity contribution in [2.24, 2.45) is 0 Å². The summed E-state index contributed by atoms with van der Waals surface area (Å²) in [5.41, 5.74) is 0.938. The minimum absolute atomic E-state index is 0.291. The molecule has 2 aromatic carbocycles. The third kappa shape index (κ3) is 1.86. The van der Waals surface area contributed by atoms with Crippen LogP contribution in [-0.4, -0.2) is 20.2 Å². The summed E-state index contributed by atoms with van der Waals surface area (Å²) in [6.07, 6.45) is 0. The number of tetrazole rings is 1. The van der Waals surface area contributed by atoms with Crippen LogP contribution in [0.3, 0.4) is 0 Å². The molecule has 0 fully saturated rings. The Labute approximate surface area is 105 Å². The minimum atomic E-state index is 0.291. The number of hydrogen-bond donors (Lipinski definition) is 0. The van der Waals surface area contributed by atoms with Crippen molar-refractivity contribution in [2.75, 3.05) is 0 Å². The van der Waals surface area contributed by atoms with Gasteiger partial charge in [-0.1, -0.05) is 44.2 Å². The molecule has 4 nitrogen and oxygen atoms in total. The maximum atomic E-state index is 4.38. The Morgan fingerprint density at radius 2 is 1.78 bits per heavy atom. The largest absolute Gasteiger partial charge is 0.177 e. The highest BCUT2D eigenvalue weighted by Gasteiger charge is 2.08. The summed E-state index contributed by atoms with van der Waals surface area (Å²) >= 11 is 0. The topological polar surface area (TPSA) is 43.6 Å². The van der Waals surface area contributed by atoms with Gasteiger partial charge in [0.2, 0.25) is 0 Å². The van der Waals surface area contributed by atoms with E-state index in [1.165, 1.54) is 10.8 Å². The zero-order chi connectivity index (χ0) is 12.5. The molecule has 3 aromatic rings.